The molecule has 2 unspecified atom stereocenters. The third-order valence-corrected chi connectivity index (χ3v) is 6.28. The molecule has 0 saturated carbocycles. The van der Waals surface area contributed by atoms with Crippen LogP contribution >= 0.6 is 11.3 Å². The summed E-state index contributed by atoms with van der Waals surface area (Å²) in [4.78, 5) is 17.1. The molecular weight excluding hydrogens is 330 g/mol. The van der Waals surface area contributed by atoms with Gasteiger partial charge in [-0.1, -0.05) is 30.3 Å². The summed E-state index contributed by atoms with van der Waals surface area (Å²) in [5, 5.41) is 3.93. The summed E-state index contributed by atoms with van der Waals surface area (Å²) in [5.41, 5.74) is 8.39. The van der Waals surface area contributed by atoms with Crippen LogP contribution in [0.4, 0.5) is 0 Å². The zero-order valence-corrected chi connectivity index (χ0v) is 15.2. The Morgan fingerprint density at radius 3 is 2.48 bits per heavy atom. The van der Waals surface area contributed by atoms with Crippen LogP contribution < -0.4 is 5.73 Å². The second-order valence-corrected chi connectivity index (χ2v) is 8.09. The average molecular weight is 356 g/mol. The molecule has 0 aliphatic carbocycles. The number of hydrogen-bond acceptors (Lipinski definition) is 4. The minimum atomic E-state index is 0.110. The number of carbonyl (C=O) groups excluding carboxylic acids is 1. The molecule has 2 aliphatic heterocycles. The predicted octanol–water partition coefficient (Wildman–Crippen LogP) is 2.84. The van der Waals surface area contributed by atoms with Gasteiger partial charge in [0.25, 0.3) is 5.91 Å². The van der Waals surface area contributed by atoms with Crippen molar-refractivity contribution in [2.24, 2.45) is 17.6 Å². The van der Waals surface area contributed by atoms with E-state index in [0.717, 1.165) is 44.7 Å². The van der Waals surface area contributed by atoms with Gasteiger partial charge < -0.3 is 15.5 Å². The van der Waals surface area contributed by atoms with E-state index in [1.54, 1.807) is 11.3 Å². The predicted molar refractivity (Wildman–Crippen MR) is 102 cm³/mol. The smallest absolute Gasteiger partial charge is 0.254 e. The summed E-state index contributed by atoms with van der Waals surface area (Å²) in [7, 11) is 0. The Balaban J connectivity index is 1.26. The fraction of sp³-hybridized carbons (Fsp3) is 0.450. The molecule has 1 aromatic carbocycles. The minimum Gasteiger partial charge on any atom is -0.338 e. The van der Waals surface area contributed by atoms with E-state index in [1.165, 1.54) is 5.56 Å². The normalized spacial score (nSPS) is 24.4. The molecule has 0 spiro atoms. The highest BCUT2D eigenvalue weighted by Crippen LogP contribution is 2.32. The number of rotatable bonds is 5. The fourth-order valence-electron chi connectivity index (χ4n) is 4.20. The molecule has 2 fully saturated rings. The quantitative estimate of drug-likeness (QED) is 0.897. The molecule has 2 saturated heterocycles. The molecule has 1 amide bonds. The summed E-state index contributed by atoms with van der Waals surface area (Å²) in [6.45, 7) is 5.04. The van der Waals surface area contributed by atoms with Crippen molar-refractivity contribution in [1.29, 1.82) is 0 Å². The summed E-state index contributed by atoms with van der Waals surface area (Å²) >= 11 is 1.59. The zero-order chi connectivity index (χ0) is 17.2. The number of likely N-dealkylation sites (tertiary alicyclic amines) is 2. The molecule has 4 rings (SSSR count). The summed E-state index contributed by atoms with van der Waals surface area (Å²) in [5.74, 6) is 1.44. The third-order valence-electron chi connectivity index (χ3n) is 5.60. The lowest BCUT2D eigenvalue weighted by atomic mass is 10.0. The van der Waals surface area contributed by atoms with Crippen molar-refractivity contribution in [2.75, 3.05) is 32.7 Å². The lowest BCUT2D eigenvalue weighted by Gasteiger charge is -2.22. The molecule has 2 aliphatic rings. The number of nitrogens with zero attached hydrogens (tertiary/aromatic N) is 2. The van der Waals surface area contributed by atoms with Crippen molar-refractivity contribution < 1.29 is 4.79 Å². The summed E-state index contributed by atoms with van der Waals surface area (Å²) < 4.78 is 0. The Kier molecular flexibility index (Phi) is 4.88. The highest BCUT2D eigenvalue weighted by atomic mass is 32.1. The van der Waals surface area contributed by atoms with E-state index >= 15 is 0 Å². The van der Waals surface area contributed by atoms with Gasteiger partial charge in [0.2, 0.25) is 0 Å². The second kappa shape index (κ2) is 7.28. The van der Waals surface area contributed by atoms with Crippen molar-refractivity contribution in [3.8, 4) is 0 Å². The van der Waals surface area contributed by atoms with E-state index in [-0.39, 0.29) is 11.9 Å². The van der Waals surface area contributed by atoms with Gasteiger partial charge in [-0.15, -0.1) is 0 Å². The topological polar surface area (TPSA) is 49.6 Å². The molecule has 2 N–H and O–H groups in total. The van der Waals surface area contributed by atoms with Crippen LogP contribution in [0, 0.1) is 11.8 Å². The monoisotopic (exact) mass is 355 g/mol. The Bertz CT molecular complexity index is 689. The Morgan fingerprint density at radius 2 is 1.84 bits per heavy atom. The van der Waals surface area contributed by atoms with Crippen LogP contribution in [0.3, 0.4) is 0 Å². The number of fused-ring (bicyclic) bond motifs is 1. The van der Waals surface area contributed by atoms with Crippen LogP contribution in [0.15, 0.2) is 47.2 Å². The van der Waals surface area contributed by atoms with E-state index in [1.807, 2.05) is 27.8 Å². The Hall–Kier alpha value is -1.69. The van der Waals surface area contributed by atoms with Crippen LogP contribution in [-0.2, 0) is 0 Å². The standard InChI is InChI=1S/C20H25N3OS/c21-19(15-4-2-1-3-5-15)6-8-22-10-17-12-23(13-18(17)11-22)20(24)16-7-9-25-14-16/h1-5,7,9,14,17-19H,6,8,10-13,21H2/t17?,18?,19-/m0/s1. The molecule has 0 radical (unpaired) electrons. The van der Waals surface area contributed by atoms with E-state index < -0.39 is 0 Å². The van der Waals surface area contributed by atoms with E-state index in [0.29, 0.717) is 11.8 Å². The van der Waals surface area contributed by atoms with Gasteiger partial charge in [-0.25, -0.2) is 0 Å². The van der Waals surface area contributed by atoms with Gasteiger partial charge in [0.1, 0.15) is 0 Å². The van der Waals surface area contributed by atoms with Crippen LogP contribution in [-0.4, -0.2) is 48.4 Å². The first-order valence-corrected chi connectivity index (χ1v) is 9.99. The molecule has 0 bridgehead atoms. The first-order valence-electron chi connectivity index (χ1n) is 9.05. The molecule has 3 heterocycles. The van der Waals surface area contributed by atoms with E-state index in [9.17, 15) is 4.79 Å². The number of benzene rings is 1. The number of carbonyl (C=O) groups is 1. The molecule has 132 valence electrons. The Morgan fingerprint density at radius 1 is 1.12 bits per heavy atom. The fourth-order valence-corrected chi connectivity index (χ4v) is 4.83. The number of hydrogen-bond donors (Lipinski definition) is 1. The van der Waals surface area contributed by atoms with Gasteiger partial charge in [0.15, 0.2) is 0 Å². The first kappa shape index (κ1) is 16.8. The molecule has 25 heavy (non-hydrogen) atoms. The summed E-state index contributed by atoms with van der Waals surface area (Å²) in [6.07, 6.45) is 0.987. The van der Waals surface area contributed by atoms with Crippen molar-refractivity contribution >= 4 is 17.2 Å². The average Bonchev–Trinajstić information content (AvgIpc) is 3.35. The summed E-state index contributed by atoms with van der Waals surface area (Å²) in [6, 6.07) is 12.4. The lowest BCUT2D eigenvalue weighted by molar-refractivity contribution is 0.0774. The van der Waals surface area contributed by atoms with Crippen molar-refractivity contribution in [2.45, 2.75) is 12.5 Å². The maximum Gasteiger partial charge on any atom is 0.254 e. The van der Waals surface area contributed by atoms with Crippen molar-refractivity contribution in [3.63, 3.8) is 0 Å². The van der Waals surface area contributed by atoms with Crippen LogP contribution in [0.5, 0.6) is 0 Å². The maximum absolute atomic E-state index is 12.5. The second-order valence-electron chi connectivity index (χ2n) is 7.31. The third kappa shape index (κ3) is 3.64. The van der Waals surface area contributed by atoms with E-state index in [2.05, 4.69) is 29.2 Å². The van der Waals surface area contributed by atoms with Gasteiger partial charge >= 0.3 is 0 Å². The van der Waals surface area contributed by atoms with Gasteiger partial charge in [-0.05, 0) is 41.8 Å². The zero-order valence-electron chi connectivity index (χ0n) is 14.4. The van der Waals surface area contributed by atoms with Crippen molar-refractivity contribution in [3.05, 3.63) is 58.3 Å². The Labute approximate surface area is 153 Å². The van der Waals surface area contributed by atoms with Gasteiger partial charge in [0, 0.05) is 37.6 Å². The molecule has 2 aromatic rings. The van der Waals surface area contributed by atoms with Crippen LogP contribution in [0.25, 0.3) is 0 Å². The molecule has 5 heteroatoms. The highest BCUT2D eigenvalue weighted by molar-refractivity contribution is 7.08. The highest BCUT2D eigenvalue weighted by Gasteiger charge is 2.41. The SMILES string of the molecule is N[C@@H](CCN1CC2CN(C(=O)c3ccsc3)CC2C1)c1ccccc1. The molecule has 4 nitrogen and oxygen atoms in total. The van der Waals surface area contributed by atoms with Crippen molar-refractivity contribution in [1.82, 2.24) is 9.80 Å². The van der Waals surface area contributed by atoms with Gasteiger partial charge in [-0.3, -0.25) is 4.79 Å². The molecule has 3 atom stereocenters. The van der Waals surface area contributed by atoms with Gasteiger partial charge in [-0.2, -0.15) is 11.3 Å². The molecular formula is C20H25N3OS. The van der Waals surface area contributed by atoms with E-state index in [4.69, 9.17) is 5.73 Å². The van der Waals surface area contributed by atoms with Crippen LogP contribution in [0.2, 0.25) is 0 Å². The lowest BCUT2D eigenvalue weighted by Crippen LogP contribution is -2.34. The number of nitrogens with two attached hydrogens (primary N) is 1. The molecule has 1 aromatic heterocycles. The van der Waals surface area contributed by atoms with Gasteiger partial charge in [0.05, 0.1) is 5.56 Å². The minimum absolute atomic E-state index is 0.110. The first-order chi connectivity index (χ1) is 12.2. The maximum atomic E-state index is 12.5. The largest absolute Gasteiger partial charge is 0.338 e. The number of amides is 1. The number of thiophene rings is 1. The van der Waals surface area contributed by atoms with Crippen LogP contribution in [0.1, 0.15) is 28.4 Å².